The first-order valence-electron chi connectivity index (χ1n) is 4.93. The fraction of sp³-hybridized carbons (Fsp3) is 0.167. The molecule has 1 N–H and O–H groups in total. The molecule has 0 saturated heterocycles. The summed E-state index contributed by atoms with van der Waals surface area (Å²) in [7, 11) is 0. The van der Waals surface area contributed by atoms with E-state index < -0.39 is 5.97 Å². The Kier molecular flexibility index (Phi) is 2.48. The molecule has 0 radical (unpaired) electrons. The summed E-state index contributed by atoms with van der Waals surface area (Å²) in [6.07, 6.45) is 3.61. The van der Waals surface area contributed by atoms with Crippen LogP contribution in [0.15, 0.2) is 30.6 Å². The summed E-state index contributed by atoms with van der Waals surface area (Å²) in [4.78, 5) is 10.9. The quantitative estimate of drug-likeness (QED) is 0.837. The van der Waals surface area contributed by atoms with Crippen LogP contribution in [0.4, 0.5) is 0 Å². The Bertz CT molecular complexity index is 544. The van der Waals surface area contributed by atoms with Crippen molar-refractivity contribution < 1.29 is 9.90 Å². The normalized spacial score (nSPS) is 10.4. The molecule has 2 aromatic rings. The molecule has 16 heavy (non-hydrogen) atoms. The van der Waals surface area contributed by atoms with Crippen LogP contribution in [0.25, 0.3) is 5.69 Å². The molecule has 4 heteroatoms. The second kappa shape index (κ2) is 3.81. The molecule has 0 saturated carbocycles. The monoisotopic (exact) mass is 216 g/mol. The molecule has 1 heterocycles. The molecule has 0 fully saturated rings. The molecule has 1 aromatic heterocycles. The van der Waals surface area contributed by atoms with Gasteiger partial charge in [-0.05, 0) is 37.1 Å². The van der Waals surface area contributed by atoms with Gasteiger partial charge >= 0.3 is 5.97 Å². The number of hydrogen-bond donors (Lipinski definition) is 1. The Morgan fingerprint density at radius 2 is 2.12 bits per heavy atom. The van der Waals surface area contributed by atoms with E-state index in [2.05, 4.69) is 5.10 Å². The van der Waals surface area contributed by atoms with E-state index in [9.17, 15) is 4.79 Å². The number of aromatic nitrogens is 2. The molecule has 1 aromatic carbocycles. The van der Waals surface area contributed by atoms with Crippen molar-refractivity contribution in [3.8, 4) is 5.69 Å². The van der Waals surface area contributed by atoms with Gasteiger partial charge in [-0.2, -0.15) is 5.10 Å². The number of rotatable bonds is 2. The van der Waals surface area contributed by atoms with Crippen molar-refractivity contribution in [1.82, 2.24) is 9.78 Å². The maximum atomic E-state index is 10.9. The van der Waals surface area contributed by atoms with Gasteiger partial charge in [-0.3, -0.25) is 0 Å². The Morgan fingerprint density at radius 1 is 1.38 bits per heavy atom. The predicted molar refractivity (Wildman–Crippen MR) is 60.0 cm³/mol. The van der Waals surface area contributed by atoms with E-state index in [1.807, 2.05) is 20.0 Å². The van der Waals surface area contributed by atoms with Crippen LogP contribution in [0.1, 0.15) is 21.5 Å². The molecule has 4 nitrogen and oxygen atoms in total. The summed E-state index contributed by atoms with van der Waals surface area (Å²) < 4.78 is 1.69. The summed E-state index contributed by atoms with van der Waals surface area (Å²) in [5.41, 5.74) is 3.11. The van der Waals surface area contributed by atoms with Crippen LogP contribution in [0, 0.1) is 13.8 Å². The number of nitrogens with zero attached hydrogens (tertiary/aromatic N) is 2. The lowest BCUT2D eigenvalue weighted by molar-refractivity contribution is 0.0697. The zero-order valence-corrected chi connectivity index (χ0v) is 9.14. The molecule has 0 unspecified atom stereocenters. The molecular formula is C12H12N2O2. The van der Waals surface area contributed by atoms with Crippen LogP contribution in [0.3, 0.4) is 0 Å². The number of aromatic carboxylic acids is 1. The van der Waals surface area contributed by atoms with Crippen molar-refractivity contribution in [2.24, 2.45) is 0 Å². The smallest absolute Gasteiger partial charge is 0.335 e. The number of aryl methyl sites for hydroxylation is 2. The third-order valence-corrected chi connectivity index (χ3v) is 2.41. The SMILES string of the molecule is Cc1cnn(-c2cc(C(=O)O)ccc2C)c1. The molecule has 0 aliphatic rings. The van der Waals surface area contributed by atoms with Crippen LogP contribution in [0.5, 0.6) is 0 Å². The second-order valence-corrected chi connectivity index (χ2v) is 3.77. The van der Waals surface area contributed by atoms with E-state index in [1.54, 1.807) is 29.1 Å². The third-order valence-electron chi connectivity index (χ3n) is 2.41. The van der Waals surface area contributed by atoms with Gasteiger partial charge in [0.1, 0.15) is 0 Å². The average Bonchev–Trinajstić information content (AvgIpc) is 2.65. The first-order valence-corrected chi connectivity index (χ1v) is 4.93. The minimum Gasteiger partial charge on any atom is -0.478 e. The number of carboxylic acid groups (broad SMARTS) is 1. The first-order chi connectivity index (χ1) is 7.58. The molecule has 0 amide bonds. The first kappa shape index (κ1) is 10.4. The second-order valence-electron chi connectivity index (χ2n) is 3.77. The minimum absolute atomic E-state index is 0.272. The van der Waals surface area contributed by atoms with Crippen LogP contribution in [0.2, 0.25) is 0 Å². The highest BCUT2D eigenvalue weighted by atomic mass is 16.4. The van der Waals surface area contributed by atoms with Crippen LogP contribution < -0.4 is 0 Å². The Balaban J connectivity index is 2.55. The average molecular weight is 216 g/mol. The summed E-state index contributed by atoms with van der Waals surface area (Å²) in [5, 5.41) is 13.1. The third kappa shape index (κ3) is 1.82. The Labute approximate surface area is 93.1 Å². The molecule has 82 valence electrons. The van der Waals surface area contributed by atoms with Gasteiger partial charge in [0.25, 0.3) is 0 Å². The van der Waals surface area contributed by atoms with Crippen molar-refractivity contribution in [1.29, 1.82) is 0 Å². The summed E-state index contributed by atoms with van der Waals surface area (Å²) in [6.45, 7) is 3.87. The van der Waals surface area contributed by atoms with E-state index in [1.165, 1.54) is 0 Å². The van der Waals surface area contributed by atoms with Gasteiger partial charge < -0.3 is 5.11 Å². The lowest BCUT2D eigenvalue weighted by Crippen LogP contribution is -2.02. The van der Waals surface area contributed by atoms with Gasteiger partial charge in [-0.15, -0.1) is 0 Å². The van der Waals surface area contributed by atoms with E-state index in [-0.39, 0.29) is 5.56 Å². The minimum atomic E-state index is -0.926. The lowest BCUT2D eigenvalue weighted by Gasteiger charge is -2.06. The van der Waals surface area contributed by atoms with Crippen molar-refractivity contribution >= 4 is 5.97 Å². The molecule has 0 bridgehead atoms. The molecule has 2 rings (SSSR count). The molecular weight excluding hydrogens is 204 g/mol. The zero-order valence-electron chi connectivity index (χ0n) is 9.14. The Morgan fingerprint density at radius 3 is 2.69 bits per heavy atom. The van der Waals surface area contributed by atoms with E-state index in [0.29, 0.717) is 0 Å². The highest BCUT2D eigenvalue weighted by molar-refractivity contribution is 5.88. The Hall–Kier alpha value is -2.10. The van der Waals surface area contributed by atoms with Crippen molar-refractivity contribution in [2.75, 3.05) is 0 Å². The van der Waals surface area contributed by atoms with Gasteiger partial charge in [0.05, 0.1) is 17.4 Å². The van der Waals surface area contributed by atoms with Gasteiger partial charge in [0.15, 0.2) is 0 Å². The highest BCUT2D eigenvalue weighted by Gasteiger charge is 2.08. The van der Waals surface area contributed by atoms with Gasteiger partial charge in [-0.1, -0.05) is 6.07 Å². The number of carboxylic acids is 1. The van der Waals surface area contributed by atoms with Crippen molar-refractivity contribution in [2.45, 2.75) is 13.8 Å². The fourth-order valence-corrected chi connectivity index (χ4v) is 1.53. The molecule has 0 aliphatic heterocycles. The fourth-order valence-electron chi connectivity index (χ4n) is 1.53. The number of carbonyl (C=O) groups is 1. The number of hydrogen-bond acceptors (Lipinski definition) is 2. The van der Waals surface area contributed by atoms with Crippen LogP contribution >= 0.6 is 0 Å². The lowest BCUT2D eigenvalue weighted by atomic mass is 10.1. The van der Waals surface area contributed by atoms with Gasteiger partial charge in [0, 0.05) is 6.20 Å². The largest absolute Gasteiger partial charge is 0.478 e. The van der Waals surface area contributed by atoms with E-state index in [4.69, 9.17) is 5.11 Å². The number of benzene rings is 1. The van der Waals surface area contributed by atoms with Gasteiger partial charge in [0.2, 0.25) is 0 Å². The summed E-state index contributed by atoms with van der Waals surface area (Å²) in [6, 6.07) is 5.01. The summed E-state index contributed by atoms with van der Waals surface area (Å²) >= 11 is 0. The zero-order chi connectivity index (χ0) is 11.7. The molecule has 0 atom stereocenters. The predicted octanol–water partition coefficient (Wildman–Crippen LogP) is 2.19. The molecule has 0 aliphatic carbocycles. The highest BCUT2D eigenvalue weighted by Crippen LogP contribution is 2.16. The van der Waals surface area contributed by atoms with Crippen LogP contribution in [-0.4, -0.2) is 20.9 Å². The maximum Gasteiger partial charge on any atom is 0.335 e. The maximum absolute atomic E-state index is 10.9. The standard InChI is InChI=1S/C12H12N2O2/c1-8-6-13-14(7-8)11-5-10(12(15)16)4-3-9(11)2/h3-7H,1-2H3,(H,15,16). The van der Waals surface area contributed by atoms with Crippen molar-refractivity contribution in [3.05, 3.63) is 47.3 Å². The molecule has 0 spiro atoms. The van der Waals surface area contributed by atoms with Crippen LogP contribution in [-0.2, 0) is 0 Å². The van der Waals surface area contributed by atoms with E-state index >= 15 is 0 Å². The van der Waals surface area contributed by atoms with Crippen molar-refractivity contribution in [3.63, 3.8) is 0 Å². The topological polar surface area (TPSA) is 55.1 Å². The van der Waals surface area contributed by atoms with E-state index in [0.717, 1.165) is 16.8 Å². The summed E-state index contributed by atoms with van der Waals surface area (Å²) in [5.74, 6) is -0.926. The van der Waals surface area contributed by atoms with Gasteiger partial charge in [-0.25, -0.2) is 9.48 Å².